The number of ketones is 1. The van der Waals surface area contributed by atoms with Gasteiger partial charge in [0.1, 0.15) is 11.5 Å². The van der Waals surface area contributed by atoms with Crippen LogP contribution >= 0.6 is 0 Å². The topological polar surface area (TPSA) is 90.4 Å². The van der Waals surface area contributed by atoms with Gasteiger partial charge >= 0.3 is 0 Å². The molecule has 0 unspecified atom stereocenters. The summed E-state index contributed by atoms with van der Waals surface area (Å²) in [6, 6.07) is 9.62. The highest BCUT2D eigenvalue weighted by molar-refractivity contribution is 5.94. The van der Waals surface area contributed by atoms with Gasteiger partial charge in [-0.15, -0.1) is 0 Å². The average Bonchev–Trinajstić information content (AvgIpc) is 3.21. The lowest BCUT2D eigenvalue weighted by Crippen LogP contribution is -2.43. The Hall–Kier alpha value is -2.56. The molecule has 1 saturated heterocycles. The molecule has 0 spiro atoms. The zero-order valence-corrected chi connectivity index (χ0v) is 16.4. The van der Waals surface area contributed by atoms with E-state index in [1.165, 1.54) is 12.1 Å². The molecule has 2 aromatic rings. The summed E-state index contributed by atoms with van der Waals surface area (Å²) < 4.78 is 18.2. The highest BCUT2D eigenvalue weighted by Crippen LogP contribution is 2.22. The van der Waals surface area contributed by atoms with Crippen molar-refractivity contribution in [2.24, 2.45) is 5.92 Å². The van der Waals surface area contributed by atoms with Crippen molar-refractivity contribution >= 4 is 5.78 Å². The second-order valence-electron chi connectivity index (χ2n) is 7.56. The highest BCUT2D eigenvalue weighted by atomic mass is 19.1. The molecule has 1 aliphatic heterocycles. The molecular formula is C22H26FN3O3. The number of piperidine rings is 1. The maximum Gasteiger partial charge on any atom is 0.184 e. The monoisotopic (exact) mass is 399 g/mol. The summed E-state index contributed by atoms with van der Waals surface area (Å²) in [4.78, 5) is 14.5. The van der Waals surface area contributed by atoms with Gasteiger partial charge in [-0.1, -0.05) is 18.0 Å². The van der Waals surface area contributed by atoms with E-state index in [9.17, 15) is 14.3 Å². The fraction of sp³-hybridized carbons (Fsp3) is 0.500. The molecule has 7 heteroatoms. The summed E-state index contributed by atoms with van der Waals surface area (Å²) in [5.41, 5.74) is 0.987. The number of aromatic nitrogens is 1. The van der Waals surface area contributed by atoms with Gasteiger partial charge in [0.2, 0.25) is 0 Å². The molecule has 1 aromatic carbocycles. The van der Waals surface area contributed by atoms with E-state index in [4.69, 9.17) is 9.78 Å². The molecule has 0 amide bonds. The Balaban J connectivity index is 1.32. The standard InChI is InChI=1S/C22H26FN3O3/c23-18-8-6-16(7-9-18)22-13-19(25-29-22)20(27)5-3-1-2-4-11-26-12-10-17(14-24)21(28)15-26/h6-9,13,17,21,28H,1-5,10-12,15H2/t17-,21-/m1/s1. The Labute approximate surface area is 169 Å². The molecule has 1 N–H and O–H groups in total. The molecule has 2 heterocycles. The lowest BCUT2D eigenvalue weighted by atomic mass is 9.95. The molecule has 0 radical (unpaired) electrons. The quantitative estimate of drug-likeness (QED) is 0.509. The van der Waals surface area contributed by atoms with Gasteiger partial charge in [-0.25, -0.2) is 4.39 Å². The largest absolute Gasteiger partial charge is 0.390 e. The van der Waals surface area contributed by atoms with Crippen LogP contribution in [0.2, 0.25) is 0 Å². The van der Waals surface area contributed by atoms with Crippen LogP contribution in [0.3, 0.4) is 0 Å². The van der Waals surface area contributed by atoms with E-state index in [0.29, 0.717) is 30.0 Å². The predicted octanol–water partition coefficient (Wildman–Crippen LogP) is 3.82. The fourth-order valence-electron chi connectivity index (χ4n) is 3.61. The number of benzene rings is 1. The second-order valence-corrected chi connectivity index (χ2v) is 7.56. The summed E-state index contributed by atoms with van der Waals surface area (Å²) in [7, 11) is 0. The number of halogens is 1. The van der Waals surface area contributed by atoms with E-state index in [0.717, 1.165) is 45.2 Å². The van der Waals surface area contributed by atoms with Gasteiger partial charge in [0.05, 0.1) is 18.1 Å². The Morgan fingerprint density at radius 1 is 1.28 bits per heavy atom. The van der Waals surface area contributed by atoms with Crippen molar-refractivity contribution in [3.8, 4) is 17.4 Å². The van der Waals surface area contributed by atoms with E-state index < -0.39 is 6.10 Å². The highest BCUT2D eigenvalue weighted by Gasteiger charge is 2.26. The van der Waals surface area contributed by atoms with Crippen LogP contribution in [0, 0.1) is 23.1 Å². The number of aliphatic hydroxyl groups is 1. The number of carbonyl (C=O) groups excluding carboxylic acids is 1. The number of likely N-dealkylation sites (tertiary alicyclic amines) is 1. The van der Waals surface area contributed by atoms with Crippen molar-refractivity contribution in [1.29, 1.82) is 5.26 Å². The molecule has 3 rings (SSSR count). The van der Waals surface area contributed by atoms with Gasteiger partial charge in [0.15, 0.2) is 11.5 Å². The van der Waals surface area contributed by atoms with Crippen molar-refractivity contribution < 1.29 is 18.8 Å². The molecule has 1 aliphatic rings. The molecule has 1 aromatic heterocycles. The van der Waals surface area contributed by atoms with Crippen LogP contribution in [0.25, 0.3) is 11.3 Å². The van der Waals surface area contributed by atoms with Crippen LogP contribution in [-0.2, 0) is 0 Å². The first-order valence-corrected chi connectivity index (χ1v) is 10.1. The van der Waals surface area contributed by atoms with Crippen molar-refractivity contribution in [3.63, 3.8) is 0 Å². The molecule has 0 saturated carbocycles. The van der Waals surface area contributed by atoms with Crippen molar-refractivity contribution in [1.82, 2.24) is 10.1 Å². The summed E-state index contributed by atoms with van der Waals surface area (Å²) in [5, 5.41) is 22.7. The van der Waals surface area contributed by atoms with Gasteiger partial charge in [0.25, 0.3) is 0 Å². The number of rotatable bonds is 9. The predicted molar refractivity (Wildman–Crippen MR) is 105 cm³/mol. The number of carbonyl (C=O) groups is 1. The Morgan fingerprint density at radius 3 is 2.76 bits per heavy atom. The number of hydrogen-bond donors (Lipinski definition) is 1. The lowest BCUT2D eigenvalue weighted by Gasteiger charge is -2.32. The maximum absolute atomic E-state index is 13.0. The first-order chi connectivity index (χ1) is 14.1. The van der Waals surface area contributed by atoms with Crippen LogP contribution in [0.4, 0.5) is 4.39 Å². The third-order valence-electron chi connectivity index (χ3n) is 5.38. The third kappa shape index (κ3) is 5.96. The molecule has 154 valence electrons. The fourth-order valence-corrected chi connectivity index (χ4v) is 3.61. The minimum Gasteiger partial charge on any atom is -0.390 e. The van der Waals surface area contributed by atoms with Gasteiger partial charge in [-0.2, -0.15) is 5.26 Å². The first-order valence-electron chi connectivity index (χ1n) is 10.1. The summed E-state index contributed by atoms with van der Waals surface area (Å²) in [5.74, 6) is -0.163. The number of aliphatic hydroxyl groups excluding tert-OH is 1. The zero-order chi connectivity index (χ0) is 20.6. The number of Topliss-reactive ketones (excluding diaryl/α,β-unsaturated/α-hetero) is 1. The number of nitrogens with zero attached hydrogens (tertiary/aromatic N) is 3. The Morgan fingerprint density at radius 2 is 2.03 bits per heavy atom. The second kappa shape index (κ2) is 10.3. The van der Waals surface area contributed by atoms with Crippen molar-refractivity contribution in [3.05, 3.63) is 41.8 Å². The van der Waals surface area contributed by atoms with Gasteiger partial charge in [-0.05, 0) is 56.6 Å². The van der Waals surface area contributed by atoms with Gasteiger partial charge in [-0.3, -0.25) is 4.79 Å². The Kier molecular flexibility index (Phi) is 7.50. The SMILES string of the molecule is N#C[C@H]1CCN(CCCCCCC(=O)c2cc(-c3ccc(F)cc3)on2)C[C@H]1O. The summed E-state index contributed by atoms with van der Waals surface area (Å²) in [6.45, 7) is 2.34. The van der Waals surface area contributed by atoms with E-state index in [1.807, 2.05) is 0 Å². The summed E-state index contributed by atoms with van der Waals surface area (Å²) in [6.07, 6.45) is 4.36. The first kappa shape index (κ1) is 21.2. The molecule has 1 fully saturated rings. The molecular weight excluding hydrogens is 373 g/mol. The average molecular weight is 399 g/mol. The van der Waals surface area contributed by atoms with Crippen LogP contribution in [-0.4, -0.2) is 46.7 Å². The van der Waals surface area contributed by atoms with Crippen LogP contribution in [0.15, 0.2) is 34.9 Å². The third-order valence-corrected chi connectivity index (χ3v) is 5.38. The maximum atomic E-state index is 13.0. The zero-order valence-electron chi connectivity index (χ0n) is 16.4. The molecule has 0 bridgehead atoms. The molecule has 2 atom stereocenters. The minimum absolute atomic E-state index is 0.0520. The minimum atomic E-state index is -0.548. The number of unbranched alkanes of at least 4 members (excludes halogenated alkanes) is 3. The van der Waals surface area contributed by atoms with E-state index in [2.05, 4.69) is 16.1 Å². The van der Waals surface area contributed by atoms with Gasteiger partial charge in [0, 0.05) is 24.6 Å². The number of hydrogen-bond acceptors (Lipinski definition) is 6. The summed E-state index contributed by atoms with van der Waals surface area (Å²) >= 11 is 0. The molecule has 0 aliphatic carbocycles. The van der Waals surface area contributed by atoms with Crippen LogP contribution in [0.1, 0.15) is 49.0 Å². The van der Waals surface area contributed by atoms with Crippen molar-refractivity contribution in [2.45, 2.75) is 44.6 Å². The Bertz CT molecular complexity index is 844. The molecule has 6 nitrogen and oxygen atoms in total. The normalized spacial score (nSPS) is 19.8. The van der Waals surface area contributed by atoms with E-state index in [1.54, 1.807) is 18.2 Å². The van der Waals surface area contributed by atoms with Gasteiger partial charge < -0.3 is 14.5 Å². The van der Waals surface area contributed by atoms with Crippen LogP contribution < -0.4 is 0 Å². The van der Waals surface area contributed by atoms with E-state index in [-0.39, 0.29) is 17.5 Å². The molecule has 29 heavy (non-hydrogen) atoms. The number of nitriles is 1. The smallest absolute Gasteiger partial charge is 0.184 e. The van der Waals surface area contributed by atoms with E-state index >= 15 is 0 Å². The number of β-amino-alcohol motifs (C(OH)–C–C–N with tert-alkyl or cyclic N) is 1. The van der Waals surface area contributed by atoms with Crippen molar-refractivity contribution in [2.75, 3.05) is 19.6 Å². The van der Waals surface area contributed by atoms with Crippen LogP contribution in [0.5, 0.6) is 0 Å². The lowest BCUT2D eigenvalue weighted by molar-refractivity contribution is 0.0420.